The summed E-state index contributed by atoms with van der Waals surface area (Å²) in [7, 11) is -2.03. The van der Waals surface area contributed by atoms with Gasteiger partial charge in [0.05, 0.1) is 12.2 Å². The van der Waals surface area contributed by atoms with Gasteiger partial charge in [-0.05, 0) is 13.8 Å². The molecule has 0 aliphatic heterocycles. The summed E-state index contributed by atoms with van der Waals surface area (Å²) in [5.74, 6) is 0.00261. The van der Waals surface area contributed by atoms with E-state index in [-0.39, 0.29) is 17.3 Å². The third kappa shape index (κ3) is 2.77. The monoisotopic (exact) mass is 301 g/mol. The second-order valence-electron chi connectivity index (χ2n) is 4.11. The van der Waals surface area contributed by atoms with Crippen LogP contribution in [0, 0.1) is 13.8 Å². The summed E-state index contributed by atoms with van der Waals surface area (Å²) in [6, 6.07) is 0. The molecule has 2 aromatic heterocycles. The Morgan fingerprint density at radius 3 is 2.63 bits per heavy atom. The lowest BCUT2D eigenvalue weighted by molar-refractivity contribution is 0.580. The van der Waals surface area contributed by atoms with Crippen molar-refractivity contribution in [1.82, 2.24) is 19.5 Å². The van der Waals surface area contributed by atoms with E-state index in [0.29, 0.717) is 10.7 Å². The fourth-order valence-electron chi connectivity index (χ4n) is 1.66. The molecule has 0 amide bonds. The van der Waals surface area contributed by atoms with E-state index >= 15 is 0 Å². The molecular weight excluding hydrogens is 286 g/mol. The van der Waals surface area contributed by atoms with Gasteiger partial charge in [0, 0.05) is 18.1 Å². The Balaban J connectivity index is 2.23. The number of aromatic nitrogens is 3. The molecule has 2 rings (SSSR count). The van der Waals surface area contributed by atoms with Crippen molar-refractivity contribution in [2.75, 3.05) is 5.73 Å². The maximum Gasteiger partial charge on any atom is 0.246 e. The molecule has 0 spiro atoms. The fraction of sp³-hybridized carbons (Fsp3) is 0.400. The minimum atomic E-state index is -3.68. The Labute approximate surface area is 115 Å². The van der Waals surface area contributed by atoms with Gasteiger partial charge in [0.1, 0.15) is 9.90 Å². The maximum absolute atomic E-state index is 12.2. The molecule has 7 nitrogen and oxygen atoms in total. The molecule has 0 saturated heterocycles. The molecule has 0 radical (unpaired) electrons. The van der Waals surface area contributed by atoms with Crippen molar-refractivity contribution < 1.29 is 8.42 Å². The molecule has 2 aromatic rings. The summed E-state index contributed by atoms with van der Waals surface area (Å²) in [5.41, 5.74) is 6.14. The average Bonchev–Trinajstić information content (AvgIpc) is 2.82. The van der Waals surface area contributed by atoms with E-state index in [1.807, 2.05) is 6.92 Å². The van der Waals surface area contributed by atoms with Crippen LogP contribution in [0.25, 0.3) is 0 Å². The van der Waals surface area contributed by atoms with Gasteiger partial charge in [0.15, 0.2) is 5.82 Å². The van der Waals surface area contributed by atoms with Gasteiger partial charge >= 0.3 is 0 Å². The summed E-state index contributed by atoms with van der Waals surface area (Å²) in [4.78, 5) is 5.17. The van der Waals surface area contributed by atoms with Gasteiger partial charge in [-0.1, -0.05) is 0 Å². The zero-order valence-corrected chi connectivity index (χ0v) is 12.5. The van der Waals surface area contributed by atoms with Crippen molar-refractivity contribution in [2.45, 2.75) is 25.3 Å². The second kappa shape index (κ2) is 4.91. The van der Waals surface area contributed by atoms with E-state index in [0.717, 1.165) is 4.88 Å². The van der Waals surface area contributed by atoms with Crippen LogP contribution in [-0.2, 0) is 23.6 Å². The molecule has 0 aliphatic rings. The highest BCUT2D eigenvalue weighted by Crippen LogP contribution is 2.21. The van der Waals surface area contributed by atoms with E-state index in [2.05, 4.69) is 14.8 Å². The number of hydrogen-bond donors (Lipinski definition) is 2. The van der Waals surface area contributed by atoms with Crippen LogP contribution < -0.4 is 10.5 Å². The lowest BCUT2D eigenvalue weighted by atomic mass is 10.5. The molecule has 3 N–H and O–H groups in total. The van der Waals surface area contributed by atoms with E-state index in [1.54, 1.807) is 20.2 Å². The summed E-state index contributed by atoms with van der Waals surface area (Å²) >= 11 is 1.45. The third-order valence-corrected chi connectivity index (χ3v) is 5.13. The van der Waals surface area contributed by atoms with Crippen molar-refractivity contribution in [1.29, 1.82) is 0 Å². The number of rotatable bonds is 4. The van der Waals surface area contributed by atoms with E-state index in [1.165, 1.54) is 16.0 Å². The number of nitrogens with one attached hydrogen (secondary N) is 1. The molecule has 0 unspecified atom stereocenters. The van der Waals surface area contributed by atoms with Gasteiger partial charge in [-0.25, -0.2) is 18.1 Å². The Bertz CT molecular complexity index is 702. The number of nitrogen functional groups attached to an aromatic ring is 1. The number of sulfonamides is 1. The summed E-state index contributed by atoms with van der Waals surface area (Å²) in [5, 5.41) is 4.61. The first-order valence-electron chi connectivity index (χ1n) is 5.51. The fourth-order valence-corrected chi connectivity index (χ4v) is 3.78. The van der Waals surface area contributed by atoms with E-state index in [4.69, 9.17) is 5.73 Å². The highest BCUT2D eigenvalue weighted by molar-refractivity contribution is 7.89. The zero-order valence-electron chi connectivity index (χ0n) is 10.8. The molecule has 2 heterocycles. The molecular formula is C10H15N5O2S2. The molecule has 9 heteroatoms. The number of anilines is 1. The van der Waals surface area contributed by atoms with Crippen LogP contribution in [0.15, 0.2) is 11.1 Å². The smallest absolute Gasteiger partial charge is 0.246 e. The van der Waals surface area contributed by atoms with Gasteiger partial charge in [-0.2, -0.15) is 5.10 Å². The van der Waals surface area contributed by atoms with Crippen LogP contribution >= 0.6 is 11.3 Å². The summed E-state index contributed by atoms with van der Waals surface area (Å²) < 4.78 is 28.3. The standard InChI is InChI=1S/C10H15N5O2S2/c1-6-4-12-8(18-6)5-13-19(16,17)9-7(2)15(3)14-10(9)11/h4,13H,5H2,1-3H3,(H2,11,14). The first-order chi connectivity index (χ1) is 8.81. The van der Waals surface area contributed by atoms with Crippen LogP contribution in [0.4, 0.5) is 5.82 Å². The summed E-state index contributed by atoms with van der Waals surface area (Å²) in [6.07, 6.45) is 1.71. The predicted octanol–water partition coefficient (Wildman–Crippen LogP) is 0.554. The van der Waals surface area contributed by atoms with E-state index < -0.39 is 10.0 Å². The van der Waals surface area contributed by atoms with Crippen molar-refractivity contribution in [2.24, 2.45) is 7.05 Å². The third-order valence-electron chi connectivity index (χ3n) is 2.66. The molecule has 0 bridgehead atoms. The highest BCUT2D eigenvalue weighted by Gasteiger charge is 2.24. The highest BCUT2D eigenvalue weighted by atomic mass is 32.2. The SMILES string of the molecule is Cc1cnc(CNS(=O)(=O)c2c(N)nn(C)c2C)s1. The molecule has 0 saturated carbocycles. The Hall–Kier alpha value is -1.45. The minimum Gasteiger partial charge on any atom is -0.381 e. The number of nitrogens with two attached hydrogens (primary N) is 1. The quantitative estimate of drug-likeness (QED) is 0.858. The van der Waals surface area contributed by atoms with Crippen molar-refractivity contribution in [3.05, 3.63) is 21.8 Å². The van der Waals surface area contributed by atoms with Crippen LogP contribution in [0.3, 0.4) is 0 Å². The predicted molar refractivity (Wildman–Crippen MR) is 73.2 cm³/mol. The first kappa shape index (κ1) is 14.0. The van der Waals surface area contributed by atoms with Crippen LogP contribution in [-0.4, -0.2) is 23.2 Å². The lowest BCUT2D eigenvalue weighted by Gasteiger charge is -2.05. The first-order valence-corrected chi connectivity index (χ1v) is 7.81. The number of thiazole rings is 1. The molecule has 104 valence electrons. The molecule has 0 atom stereocenters. The Morgan fingerprint density at radius 2 is 2.16 bits per heavy atom. The second-order valence-corrected chi connectivity index (χ2v) is 7.14. The topological polar surface area (TPSA) is 103 Å². The maximum atomic E-state index is 12.2. The van der Waals surface area contributed by atoms with E-state index in [9.17, 15) is 8.42 Å². The van der Waals surface area contributed by atoms with Crippen LogP contribution in [0.2, 0.25) is 0 Å². The lowest BCUT2D eigenvalue weighted by Crippen LogP contribution is -2.24. The van der Waals surface area contributed by atoms with Crippen molar-refractivity contribution in [3.63, 3.8) is 0 Å². The molecule has 19 heavy (non-hydrogen) atoms. The summed E-state index contributed by atoms with van der Waals surface area (Å²) in [6.45, 7) is 3.72. The van der Waals surface area contributed by atoms with Gasteiger partial charge in [0.25, 0.3) is 0 Å². The van der Waals surface area contributed by atoms with Gasteiger partial charge < -0.3 is 5.73 Å². The molecule has 0 aromatic carbocycles. The number of nitrogens with zero attached hydrogens (tertiary/aromatic N) is 3. The van der Waals surface area contributed by atoms with Crippen LogP contribution in [0.1, 0.15) is 15.6 Å². The Kier molecular flexibility index (Phi) is 3.61. The zero-order chi connectivity index (χ0) is 14.2. The van der Waals surface area contributed by atoms with Crippen molar-refractivity contribution in [3.8, 4) is 0 Å². The van der Waals surface area contributed by atoms with Gasteiger partial charge in [-0.3, -0.25) is 4.68 Å². The number of hydrogen-bond acceptors (Lipinski definition) is 6. The average molecular weight is 301 g/mol. The molecule has 0 fully saturated rings. The largest absolute Gasteiger partial charge is 0.381 e. The minimum absolute atomic E-state index is 0.00261. The normalized spacial score (nSPS) is 11.9. The number of aryl methyl sites for hydroxylation is 2. The van der Waals surface area contributed by atoms with Crippen molar-refractivity contribution >= 4 is 27.2 Å². The van der Waals surface area contributed by atoms with Gasteiger partial charge in [0.2, 0.25) is 10.0 Å². The van der Waals surface area contributed by atoms with Crippen LogP contribution in [0.5, 0.6) is 0 Å². The van der Waals surface area contributed by atoms with Gasteiger partial charge in [-0.15, -0.1) is 11.3 Å². The molecule has 0 aliphatic carbocycles. The Morgan fingerprint density at radius 1 is 1.47 bits per heavy atom.